The van der Waals surface area contributed by atoms with E-state index < -0.39 is 0 Å². The van der Waals surface area contributed by atoms with Crippen LogP contribution in [0.25, 0.3) is 0 Å². The number of hydrogen-bond acceptors (Lipinski definition) is 6. The molecule has 0 spiro atoms. The van der Waals surface area contributed by atoms with E-state index in [9.17, 15) is 4.79 Å². The number of aromatic nitrogens is 2. The first-order chi connectivity index (χ1) is 12.6. The van der Waals surface area contributed by atoms with Crippen molar-refractivity contribution in [3.8, 4) is 0 Å². The van der Waals surface area contributed by atoms with Crippen LogP contribution in [0, 0.1) is 0 Å². The van der Waals surface area contributed by atoms with Crippen molar-refractivity contribution in [3.63, 3.8) is 0 Å². The summed E-state index contributed by atoms with van der Waals surface area (Å²) >= 11 is 5.45. The maximum absolute atomic E-state index is 11.5. The number of nitrogens with one attached hydrogen (secondary N) is 2. The molecule has 26 heavy (non-hydrogen) atoms. The lowest BCUT2D eigenvalue weighted by atomic mass is 10.0. The zero-order chi connectivity index (χ0) is 18.4. The fourth-order valence-electron chi connectivity index (χ4n) is 2.99. The number of anilines is 2. The normalized spacial score (nSPS) is 14.7. The molecule has 6 nitrogen and oxygen atoms in total. The van der Waals surface area contributed by atoms with Crippen LogP contribution in [0.4, 0.5) is 11.5 Å². The highest BCUT2D eigenvalue weighted by Gasteiger charge is 2.21. The Morgan fingerprint density at radius 2 is 2.12 bits per heavy atom. The summed E-state index contributed by atoms with van der Waals surface area (Å²) in [7, 11) is 0. The third-order valence-corrected chi connectivity index (χ3v) is 4.71. The highest BCUT2D eigenvalue weighted by Crippen LogP contribution is 2.19. The fraction of sp³-hybridized carbons (Fsp3) is 0.368. The highest BCUT2D eigenvalue weighted by molar-refractivity contribution is 7.80. The minimum Gasteiger partial charge on any atom is -0.377 e. The van der Waals surface area contributed by atoms with E-state index in [0.29, 0.717) is 18.2 Å². The second-order valence-corrected chi connectivity index (χ2v) is 6.88. The molecule has 0 radical (unpaired) electrons. The van der Waals surface area contributed by atoms with E-state index in [2.05, 4.69) is 25.5 Å². The Labute approximate surface area is 159 Å². The fourth-order valence-corrected chi connectivity index (χ4v) is 3.23. The van der Waals surface area contributed by atoms with Crippen molar-refractivity contribution in [2.45, 2.75) is 25.8 Å². The van der Waals surface area contributed by atoms with Crippen molar-refractivity contribution >= 4 is 34.5 Å². The molecular formula is C19H23N5OS. The molecule has 136 valence electrons. The molecule has 0 saturated carbocycles. The van der Waals surface area contributed by atoms with E-state index in [1.54, 1.807) is 31.6 Å². The van der Waals surface area contributed by atoms with Crippen LogP contribution in [0.15, 0.2) is 42.9 Å². The Morgan fingerprint density at radius 1 is 1.31 bits per heavy atom. The van der Waals surface area contributed by atoms with Crippen LogP contribution in [0.1, 0.15) is 30.1 Å². The number of piperidine rings is 1. The van der Waals surface area contributed by atoms with Gasteiger partial charge in [0.05, 0.1) is 17.2 Å². The first-order valence-corrected chi connectivity index (χ1v) is 9.18. The molecule has 2 aromatic heterocycles. The first kappa shape index (κ1) is 18.3. The summed E-state index contributed by atoms with van der Waals surface area (Å²) in [6.07, 6.45) is 7.20. The quantitative estimate of drug-likeness (QED) is 0.599. The molecule has 0 atom stereocenters. The SMILES string of the molecule is CC(=O)c1ccnc(N2CCC(NC(=S)CNc3cccnc3)CC2)c1. The van der Waals surface area contributed by atoms with E-state index >= 15 is 0 Å². The maximum Gasteiger partial charge on any atom is 0.159 e. The minimum atomic E-state index is 0.0664. The van der Waals surface area contributed by atoms with Crippen LogP contribution in [0.2, 0.25) is 0 Å². The van der Waals surface area contributed by atoms with Gasteiger partial charge >= 0.3 is 0 Å². The van der Waals surface area contributed by atoms with Gasteiger partial charge in [-0.1, -0.05) is 12.2 Å². The predicted octanol–water partition coefficient (Wildman–Crippen LogP) is 2.68. The van der Waals surface area contributed by atoms with Gasteiger partial charge < -0.3 is 15.5 Å². The smallest absolute Gasteiger partial charge is 0.159 e. The molecule has 3 rings (SSSR count). The monoisotopic (exact) mass is 369 g/mol. The summed E-state index contributed by atoms with van der Waals surface area (Å²) in [4.78, 5) is 23.1. The predicted molar refractivity (Wildman–Crippen MR) is 108 cm³/mol. The molecular weight excluding hydrogens is 346 g/mol. The van der Waals surface area contributed by atoms with Gasteiger partial charge in [-0.3, -0.25) is 9.78 Å². The molecule has 1 saturated heterocycles. The molecule has 7 heteroatoms. The number of carbonyl (C=O) groups is 1. The van der Waals surface area contributed by atoms with Crippen LogP contribution in [-0.2, 0) is 0 Å². The average Bonchev–Trinajstić information content (AvgIpc) is 2.68. The lowest BCUT2D eigenvalue weighted by Crippen LogP contribution is -2.45. The lowest BCUT2D eigenvalue weighted by molar-refractivity contribution is 0.101. The number of carbonyl (C=O) groups excluding carboxylic acids is 1. The van der Waals surface area contributed by atoms with Crippen molar-refractivity contribution in [2.24, 2.45) is 0 Å². The summed E-state index contributed by atoms with van der Waals surface area (Å²) < 4.78 is 0. The number of rotatable bonds is 6. The Kier molecular flexibility index (Phi) is 6.12. The van der Waals surface area contributed by atoms with Gasteiger partial charge in [0.2, 0.25) is 0 Å². The maximum atomic E-state index is 11.5. The van der Waals surface area contributed by atoms with Crippen molar-refractivity contribution in [3.05, 3.63) is 48.4 Å². The van der Waals surface area contributed by atoms with E-state index in [4.69, 9.17) is 12.2 Å². The summed E-state index contributed by atoms with van der Waals surface area (Å²) in [5.74, 6) is 0.939. The van der Waals surface area contributed by atoms with Gasteiger partial charge in [0.25, 0.3) is 0 Å². The number of hydrogen-bond donors (Lipinski definition) is 2. The third kappa shape index (κ3) is 4.98. The first-order valence-electron chi connectivity index (χ1n) is 8.77. The Balaban J connectivity index is 1.45. The van der Waals surface area contributed by atoms with Gasteiger partial charge in [-0.2, -0.15) is 0 Å². The number of pyridine rings is 2. The molecule has 0 aliphatic carbocycles. The molecule has 0 aromatic carbocycles. The summed E-state index contributed by atoms with van der Waals surface area (Å²) in [6, 6.07) is 7.86. The molecule has 0 bridgehead atoms. The van der Waals surface area contributed by atoms with Crippen molar-refractivity contribution in [2.75, 3.05) is 29.9 Å². The van der Waals surface area contributed by atoms with Gasteiger partial charge in [-0.05, 0) is 44.0 Å². The minimum absolute atomic E-state index is 0.0664. The van der Waals surface area contributed by atoms with Crippen LogP contribution < -0.4 is 15.5 Å². The van der Waals surface area contributed by atoms with Gasteiger partial charge in [0.15, 0.2) is 5.78 Å². The molecule has 1 fully saturated rings. The molecule has 0 amide bonds. The highest BCUT2D eigenvalue weighted by atomic mass is 32.1. The number of thiocarbonyl (C=S) groups is 1. The lowest BCUT2D eigenvalue weighted by Gasteiger charge is -2.33. The average molecular weight is 369 g/mol. The molecule has 2 aromatic rings. The van der Waals surface area contributed by atoms with Crippen LogP contribution in [-0.4, -0.2) is 46.4 Å². The number of nitrogens with zero attached hydrogens (tertiary/aromatic N) is 3. The van der Waals surface area contributed by atoms with E-state index in [-0.39, 0.29) is 5.78 Å². The Bertz CT molecular complexity index is 760. The van der Waals surface area contributed by atoms with Crippen molar-refractivity contribution < 1.29 is 4.79 Å². The van der Waals surface area contributed by atoms with Crippen molar-refractivity contribution in [1.29, 1.82) is 0 Å². The topological polar surface area (TPSA) is 70.2 Å². The Morgan fingerprint density at radius 3 is 2.81 bits per heavy atom. The van der Waals surface area contributed by atoms with Crippen molar-refractivity contribution in [1.82, 2.24) is 15.3 Å². The zero-order valence-electron chi connectivity index (χ0n) is 14.8. The van der Waals surface area contributed by atoms with E-state index in [1.807, 2.05) is 18.2 Å². The van der Waals surface area contributed by atoms with Gasteiger partial charge in [0, 0.05) is 43.3 Å². The van der Waals surface area contributed by atoms with Gasteiger partial charge in [-0.25, -0.2) is 4.98 Å². The standard InChI is InChI=1S/C19H23N5OS/c1-14(25)15-4-8-21-18(11-15)24-9-5-16(6-10-24)23-19(26)13-22-17-3-2-7-20-12-17/h2-4,7-8,11-12,16,22H,5-6,9-10,13H2,1H3,(H,23,26). The summed E-state index contributed by atoms with van der Waals surface area (Å²) in [5, 5.41) is 6.70. The largest absolute Gasteiger partial charge is 0.377 e. The van der Waals surface area contributed by atoms with Gasteiger partial charge in [0.1, 0.15) is 5.82 Å². The van der Waals surface area contributed by atoms with Crippen LogP contribution >= 0.6 is 12.2 Å². The number of ketones is 1. The number of Topliss-reactive ketones (excluding diaryl/α,β-unsaturated/α-hetero) is 1. The van der Waals surface area contributed by atoms with E-state index in [1.165, 1.54) is 0 Å². The second kappa shape index (κ2) is 8.71. The molecule has 1 aliphatic rings. The van der Waals surface area contributed by atoms with Crippen LogP contribution in [0.3, 0.4) is 0 Å². The summed E-state index contributed by atoms with van der Waals surface area (Å²) in [5.41, 5.74) is 1.67. The van der Waals surface area contributed by atoms with Gasteiger partial charge in [-0.15, -0.1) is 0 Å². The van der Waals surface area contributed by atoms with Crippen LogP contribution in [0.5, 0.6) is 0 Å². The molecule has 2 N–H and O–H groups in total. The second-order valence-electron chi connectivity index (χ2n) is 6.38. The van der Waals surface area contributed by atoms with E-state index in [0.717, 1.165) is 42.4 Å². The molecule has 0 unspecified atom stereocenters. The molecule has 3 heterocycles. The molecule has 1 aliphatic heterocycles. The third-order valence-electron chi connectivity index (χ3n) is 4.45. The zero-order valence-corrected chi connectivity index (χ0v) is 15.6. The Hall–Kier alpha value is -2.54. The summed E-state index contributed by atoms with van der Waals surface area (Å²) in [6.45, 7) is 3.97.